The first-order valence-corrected chi connectivity index (χ1v) is 7.61. The maximum atomic E-state index is 13.9. The summed E-state index contributed by atoms with van der Waals surface area (Å²) in [6, 6.07) is 7.21. The summed E-state index contributed by atoms with van der Waals surface area (Å²) in [6.07, 6.45) is 6.06. The molecule has 0 aromatic heterocycles. The minimum Gasteiger partial charge on any atom is -0.319 e. The van der Waals surface area contributed by atoms with Crippen LogP contribution in [-0.4, -0.2) is 13.6 Å². The summed E-state index contributed by atoms with van der Waals surface area (Å²) >= 11 is 0. The van der Waals surface area contributed by atoms with E-state index in [0.29, 0.717) is 5.92 Å². The lowest BCUT2D eigenvalue weighted by atomic mass is 9.84. The van der Waals surface area contributed by atoms with E-state index in [1.54, 1.807) is 12.1 Å². The molecule has 0 spiro atoms. The van der Waals surface area contributed by atoms with E-state index >= 15 is 0 Å². The molecule has 19 heavy (non-hydrogen) atoms. The molecule has 108 valence electrons. The normalized spacial score (nSPS) is 14.3. The number of hydrogen-bond donors (Lipinski definition) is 1. The lowest BCUT2D eigenvalue weighted by Crippen LogP contribution is -2.21. The molecule has 2 atom stereocenters. The summed E-state index contributed by atoms with van der Waals surface area (Å²) in [4.78, 5) is 0. The van der Waals surface area contributed by atoms with Crippen LogP contribution in [0.15, 0.2) is 24.3 Å². The van der Waals surface area contributed by atoms with Gasteiger partial charge in [0.2, 0.25) is 0 Å². The molecule has 0 heterocycles. The summed E-state index contributed by atoms with van der Waals surface area (Å²) in [7, 11) is 1.95. The van der Waals surface area contributed by atoms with Crippen molar-refractivity contribution in [2.24, 2.45) is 5.92 Å². The molecule has 2 unspecified atom stereocenters. The number of halogens is 1. The molecule has 1 nitrogen and oxygen atoms in total. The van der Waals surface area contributed by atoms with Gasteiger partial charge in [-0.2, -0.15) is 0 Å². The van der Waals surface area contributed by atoms with E-state index in [9.17, 15) is 4.39 Å². The van der Waals surface area contributed by atoms with E-state index in [4.69, 9.17) is 0 Å². The van der Waals surface area contributed by atoms with Crippen LogP contribution in [0.3, 0.4) is 0 Å². The number of likely N-dealkylation sites (N-methyl/N-ethyl adjacent to an activating group) is 1. The molecule has 0 aliphatic rings. The number of rotatable bonds is 9. The van der Waals surface area contributed by atoms with Crippen LogP contribution in [0.4, 0.5) is 4.39 Å². The molecule has 0 bridgehead atoms. The fraction of sp³-hybridized carbons (Fsp3) is 0.647. The van der Waals surface area contributed by atoms with Crippen LogP contribution in [0, 0.1) is 11.7 Å². The predicted molar refractivity (Wildman–Crippen MR) is 81.0 cm³/mol. The van der Waals surface area contributed by atoms with Crippen LogP contribution in [0.25, 0.3) is 0 Å². The number of benzene rings is 1. The molecule has 1 aromatic carbocycles. The molecule has 2 heteroatoms. The van der Waals surface area contributed by atoms with Crippen molar-refractivity contribution in [2.45, 2.75) is 51.9 Å². The lowest BCUT2D eigenvalue weighted by Gasteiger charge is -2.23. The summed E-state index contributed by atoms with van der Waals surface area (Å²) in [5.74, 6) is 0.930. The number of hydrogen-bond acceptors (Lipinski definition) is 1. The maximum Gasteiger partial charge on any atom is 0.126 e. The standard InChI is InChI=1S/C17H28FN/c1-4-6-9-14(5-2)12-15(13-19-3)16-10-7-8-11-17(16)18/h7-8,10-11,14-15,19H,4-6,9,12-13H2,1-3H3. The van der Waals surface area contributed by atoms with Crippen LogP contribution in [-0.2, 0) is 0 Å². The summed E-state index contributed by atoms with van der Waals surface area (Å²) < 4.78 is 13.9. The third-order valence-electron chi connectivity index (χ3n) is 3.96. The zero-order valence-corrected chi connectivity index (χ0v) is 12.6. The van der Waals surface area contributed by atoms with Crippen molar-refractivity contribution >= 4 is 0 Å². The van der Waals surface area contributed by atoms with Gasteiger partial charge in [-0.3, -0.25) is 0 Å². The van der Waals surface area contributed by atoms with Crippen molar-refractivity contribution in [1.82, 2.24) is 5.32 Å². The molecule has 0 saturated heterocycles. The molecule has 0 radical (unpaired) electrons. The molecule has 1 aromatic rings. The molecule has 0 fully saturated rings. The third-order valence-corrected chi connectivity index (χ3v) is 3.96. The topological polar surface area (TPSA) is 12.0 Å². The van der Waals surface area contributed by atoms with Gasteiger partial charge in [0.15, 0.2) is 0 Å². The molecule has 0 aliphatic heterocycles. The maximum absolute atomic E-state index is 13.9. The van der Waals surface area contributed by atoms with Crippen LogP contribution in [0.5, 0.6) is 0 Å². The Labute approximate surface area is 117 Å². The zero-order valence-electron chi connectivity index (χ0n) is 12.6. The van der Waals surface area contributed by atoms with Gasteiger partial charge < -0.3 is 5.32 Å². The Morgan fingerprint density at radius 1 is 1.21 bits per heavy atom. The Balaban J connectivity index is 2.74. The summed E-state index contributed by atoms with van der Waals surface area (Å²) in [5.41, 5.74) is 0.867. The Morgan fingerprint density at radius 3 is 2.53 bits per heavy atom. The van der Waals surface area contributed by atoms with E-state index in [1.165, 1.54) is 25.7 Å². The fourth-order valence-electron chi connectivity index (χ4n) is 2.76. The highest BCUT2D eigenvalue weighted by molar-refractivity contribution is 5.22. The van der Waals surface area contributed by atoms with Crippen LogP contribution >= 0.6 is 0 Å². The van der Waals surface area contributed by atoms with Gasteiger partial charge in [-0.25, -0.2) is 4.39 Å². The van der Waals surface area contributed by atoms with Crippen molar-refractivity contribution in [2.75, 3.05) is 13.6 Å². The molecular formula is C17H28FN. The van der Waals surface area contributed by atoms with Gasteiger partial charge in [0.1, 0.15) is 5.82 Å². The van der Waals surface area contributed by atoms with Gasteiger partial charge in [0.05, 0.1) is 0 Å². The van der Waals surface area contributed by atoms with Crippen molar-refractivity contribution in [3.63, 3.8) is 0 Å². The first-order chi connectivity index (χ1) is 9.22. The second-order valence-electron chi connectivity index (χ2n) is 5.43. The average Bonchev–Trinajstić information content (AvgIpc) is 2.43. The van der Waals surface area contributed by atoms with Crippen molar-refractivity contribution in [3.05, 3.63) is 35.6 Å². The first-order valence-electron chi connectivity index (χ1n) is 7.61. The van der Waals surface area contributed by atoms with Gasteiger partial charge in [-0.05, 0) is 36.9 Å². The number of unbranched alkanes of at least 4 members (excludes halogenated alkanes) is 1. The first kappa shape index (κ1) is 16.2. The highest BCUT2D eigenvalue weighted by Gasteiger charge is 2.19. The third kappa shape index (κ3) is 5.32. The number of nitrogens with one attached hydrogen (secondary N) is 1. The summed E-state index contributed by atoms with van der Waals surface area (Å²) in [6.45, 7) is 5.33. The van der Waals surface area contributed by atoms with E-state index in [-0.39, 0.29) is 11.7 Å². The highest BCUT2D eigenvalue weighted by Crippen LogP contribution is 2.29. The Hall–Kier alpha value is -0.890. The van der Waals surface area contributed by atoms with E-state index in [2.05, 4.69) is 19.2 Å². The van der Waals surface area contributed by atoms with Gasteiger partial charge in [0, 0.05) is 6.54 Å². The van der Waals surface area contributed by atoms with Gasteiger partial charge in [-0.1, -0.05) is 57.7 Å². The molecule has 0 saturated carbocycles. The quantitative estimate of drug-likeness (QED) is 0.680. The second-order valence-corrected chi connectivity index (χ2v) is 5.43. The average molecular weight is 265 g/mol. The minimum atomic E-state index is -0.0619. The summed E-state index contributed by atoms with van der Waals surface area (Å²) in [5, 5.41) is 3.21. The van der Waals surface area contributed by atoms with Crippen LogP contribution in [0.1, 0.15) is 57.4 Å². The Bertz CT molecular complexity index is 351. The molecule has 0 aliphatic carbocycles. The second kappa shape index (κ2) is 9.08. The van der Waals surface area contributed by atoms with Crippen LogP contribution < -0.4 is 5.32 Å². The largest absolute Gasteiger partial charge is 0.319 e. The highest BCUT2D eigenvalue weighted by atomic mass is 19.1. The molecule has 1 rings (SSSR count). The van der Waals surface area contributed by atoms with Crippen molar-refractivity contribution in [1.29, 1.82) is 0 Å². The smallest absolute Gasteiger partial charge is 0.126 e. The molecular weight excluding hydrogens is 237 g/mol. The van der Waals surface area contributed by atoms with Crippen LogP contribution in [0.2, 0.25) is 0 Å². The monoisotopic (exact) mass is 265 g/mol. The lowest BCUT2D eigenvalue weighted by molar-refractivity contribution is 0.374. The van der Waals surface area contributed by atoms with Gasteiger partial charge in [0.25, 0.3) is 0 Å². The Morgan fingerprint density at radius 2 is 1.95 bits per heavy atom. The fourth-order valence-corrected chi connectivity index (χ4v) is 2.76. The minimum absolute atomic E-state index is 0.0619. The van der Waals surface area contributed by atoms with Crippen molar-refractivity contribution in [3.8, 4) is 0 Å². The SMILES string of the molecule is CCCCC(CC)CC(CNC)c1ccccc1F. The van der Waals surface area contributed by atoms with E-state index < -0.39 is 0 Å². The van der Waals surface area contributed by atoms with E-state index in [1.807, 2.05) is 19.2 Å². The molecule has 0 amide bonds. The van der Waals surface area contributed by atoms with Crippen molar-refractivity contribution < 1.29 is 4.39 Å². The van der Waals surface area contributed by atoms with Gasteiger partial charge in [-0.15, -0.1) is 0 Å². The van der Waals surface area contributed by atoms with Gasteiger partial charge >= 0.3 is 0 Å². The zero-order chi connectivity index (χ0) is 14.1. The van der Waals surface area contributed by atoms with E-state index in [0.717, 1.165) is 18.5 Å². The Kier molecular flexibility index (Phi) is 7.73. The predicted octanol–water partition coefficient (Wildman–Crippen LogP) is 4.74. The molecule has 1 N–H and O–H groups in total.